The van der Waals surface area contributed by atoms with Gasteiger partial charge in [0.2, 0.25) is 0 Å². The molecule has 2 atom stereocenters. The minimum atomic E-state index is -0.684. The molecule has 1 aliphatic rings. The maximum atomic E-state index is 12.3. The van der Waals surface area contributed by atoms with Gasteiger partial charge in [0.05, 0.1) is 16.8 Å². The van der Waals surface area contributed by atoms with Crippen molar-refractivity contribution in [3.63, 3.8) is 0 Å². The van der Waals surface area contributed by atoms with Crippen LogP contribution < -0.4 is 5.73 Å². The van der Waals surface area contributed by atoms with E-state index in [0.717, 1.165) is 0 Å². The van der Waals surface area contributed by atoms with E-state index in [-0.39, 0.29) is 18.5 Å². The van der Waals surface area contributed by atoms with Crippen molar-refractivity contribution in [2.24, 2.45) is 12.8 Å². The van der Waals surface area contributed by atoms with Gasteiger partial charge in [0.1, 0.15) is 5.69 Å². The predicted molar refractivity (Wildman–Crippen MR) is 67.5 cm³/mol. The van der Waals surface area contributed by atoms with E-state index in [0.29, 0.717) is 29.4 Å². The minimum Gasteiger partial charge on any atom is -0.390 e. The van der Waals surface area contributed by atoms with Crippen molar-refractivity contribution in [2.75, 3.05) is 13.1 Å². The smallest absolute Gasteiger partial charge is 0.273 e. The first-order chi connectivity index (χ1) is 8.41. The summed E-state index contributed by atoms with van der Waals surface area (Å²) in [5.41, 5.74) is 6.69. The Morgan fingerprint density at radius 3 is 2.78 bits per heavy atom. The summed E-state index contributed by atoms with van der Waals surface area (Å²) in [5.74, 6) is -0.214. The van der Waals surface area contributed by atoms with E-state index in [1.54, 1.807) is 18.9 Å². The number of piperidine rings is 1. The Labute approximate surface area is 110 Å². The number of hydrogen-bond donors (Lipinski definition) is 2. The molecular weight excluding hydrogens is 256 g/mol. The lowest BCUT2D eigenvalue weighted by Gasteiger charge is -2.34. The molecule has 100 valence electrons. The lowest BCUT2D eigenvalue weighted by molar-refractivity contribution is 0.0387. The summed E-state index contributed by atoms with van der Waals surface area (Å²) in [5, 5.41) is 14.2. The van der Waals surface area contributed by atoms with Gasteiger partial charge in [-0.3, -0.25) is 9.48 Å². The Kier molecular flexibility index (Phi) is 3.61. The highest BCUT2D eigenvalue weighted by atomic mass is 35.5. The van der Waals surface area contributed by atoms with E-state index in [4.69, 9.17) is 17.3 Å². The first-order valence-electron chi connectivity index (χ1n) is 5.83. The summed E-state index contributed by atoms with van der Waals surface area (Å²) in [6, 6.07) is -0.266. The van der Waals surface area contributed by atoms with Gasteiger partial charge < -0.3 is 15.7 Å². The second-order valence-electron chi connectivity index (χ2n) is 4.64. The molecule has 0 aliphatic carbocycles. The molecule has 0 saturated carbocycles. The zero-order chi connectivity index (χ0) is 13.4. The molecule has 1 fully saturated rings. The average Bonchev–Trinajstić information content (AvgIpc) is 2.56. The Bertz CT molecular complexity index is 474. The third kappa shape index (κ3) is 2.23. The number of rotatable bonds is 1. The molecule has 2 rings (SSSR count). The van der Waals surface area contributed by atoms with Crippen molar-refractivity contribution < 1.29 is 9.90 Å². The topological polar surface area (TPSA) is 84.4 Å². The van der Waals surface area contributed by atoms with Crippen LogP contribution in [0, 0.1) is 6.92 Å². The van der Waals surface area contributed by atoms with Crippen LogP contribution in [-0.4, -0.2) is 50.9 Å². The Morgan fingerprint density at radius 1 is 1.61 bits per heavy atom. The van der Waals surface area contributed by atoms with Gasteiger partial charge in [-0.15, -0.1) is 0 Å². The van der Waals surface area contributed by atoms with E-state index in [1.807, 2.05) is 0 Å². The largest absolute Gasteiger partial charge is 0.390 e. The molecule has 1 aromatic heterocycles. The van der Waals surface area contributed by atoms with Crippen LogP contribution in [0.2, 0.25) is 5.02 Å². The molecule has 0 radical (unpaired) electrons. The van der Waals surface area contributed by atoms with Gasteiger partial charge in [0.25, 0.3) is 5.91 Å². The lowest BCUT2D eigenvalue weighted by Crippen LogP contribution is -2.52. The van der Waals surface area contributed by atoms with Gasteiger partial charge in [0.15, 0.2) is 0 Å². The third-order valence-electron chi connectivity index (χ3n) is 3.27. The Balaban J connectivity index is 2.21. The summed E-state index contributed by atoms with van der Waals surface area (Å²) in [4.78, 5) is 13.9. The molecule has 3 N–H and O–H groups in total. The molecule has 0 aromatic carbocycles. The van der Waals surface area contributed by atoms with Crippen LogP contribution in [0.4, 0.5) is 0 Å². The van der Waals surface area contributed by atoms with Crippen LogP contribution in [0.1, 0.15) is 22.6 Å². The summed E-state index contributed by atoms with van der Waals surface area (Å²) >= 11 is 6.08. The number of carbonyl (C=O) groups is 1. The third-order valence-corrected chi connectivity index (χ3v) is 3.73. The number of carbonyl (C=O) groups excluding carboxylic acids is 1. The highest BCUT2D eigenvalue weighted by Crippen LogP contribution is 2.22. The first-order valence-corrected chi connectivity index (χ1v) is 6.21. The van der Waals surface area contributed by atoms with Gasteiger partial charge >= 0.3 is 0 Å². The fourth-order valence-corrected chi connectivity index (χ4v) is 2.39. The van der Waals surface area contributed by atoms with Crippen molar-refractivity contribution in [1.82, 2.24) is 14.7 Å². The minimum absolute atomic E-state index is 0.214. The van der Waals surface area contributed by atoms with Gasteiger partial charge in [-0.05, 0) is 13.3 Å². The Hall–Kier alpha value is -1.11. The number of aryl methyl sites for hydroxylation is 2. The number of hydrogen-bond acceptors (Lipinski definition) is 4. The highest BCUT2D eigenvalue weighted by Gasteiger charge is 2.31. The molecule has 0 bridgehead atoms. The number of aliphatic hydroxyl groups is 1. The standard InChI is InChI=1S/C11H17ClN4O2/c1-6-9(12)10(15(2)14-6)11(18)16-4-3-7(13)8(17)5-16/h7-8,17H,3-5,13H2,1-2H3/t7-,8-/m1/s1. The van der Waals surface area contributed by atoms with Gasteiger partial charge in [-0.2, -0.15) is 5.10 Å². The zero-order valence-corrected chi connectivity index (χ0v) is 11.2. The zero-order valence-electron chi connectivity index (χ0n) is 10.4. The van der Waals surface area contributed by atoms with E-state index in [1.165, 1.54) is 4.68 Å². The first kappa shape index (κ1) is 13.3. The molecule has 1 amide bonds. The number of aliphatic hydroxyl groups excluding tert-OH is 1. The normalized spacial score (nSPS) is 24.4. The van der Waals surface area contributed by atoms with E-state index >= 15 is 0 Å². The fourth-order valence-electron chi connectivity index (χ4n) is 2.15. The van der Waals surface area contributed by atoms with Crippen molar-refractivity contribution in [3.8, 4) is 0 Å². The number of likely N-dealkylation sites (tertiary alicyclic amines) is 1. The van der Waals surface area contributed by atoms with Crippen LogP contribution >= 0.6 is 11.6 Å². The van der Waals surface area contributed by atoms with Crippen LogP contribution in [0.5, 0.6) is 0 Å². The lowest BCUT2D eigenvalue weighted by atomic mass is 10.0. The molecule has 7 heteroatoms. The quantitative estimate of drug-likeness (QED) is 0.749. The van der Waals surface area contributed by atoms with Crippen molar-refractivity contribution >= 4 is 17.5 Å². The molecule has 6 nitrogen and oxygen atoms in total. The van der Waals surface area contributed by atoms with Gasteiger partial charge in [0, 0.05) is 26.2 Å². The van der Waals surface area contributed by atoms with Crippen LogP contribution in [0.3, 0.4) is 0 Å². The second kappa shape index (κ2) is 4.87. The van der Waals surface area contributed by atoms with E-state index in [2.05, 4.69) is 5.10 Å². The molecular formula is C11H17ClN4O2. The number of aromatic nitrogens is 2. The molecule has 18 heavy (non-hydrogen) atoms. The summed E-state index contributed by atoms with van der Waals surface area (Å²) < 4.78 is 1.47. The molecule has 1 aliphatic heterocycles. The van der Waals surface area contributed by atoms with Crippen molar-refractivity contribution in [3.05, 3.63) is 16.4 Å². The second-order valence-corrected chi connectivity index (χ2v) is 5.02. The van der Waals surface area contributed by atoms with E-state index in [9.17, 15) is 9.90 Å². The fraction of sp³-hybridized carbons (Fsp3) is 0.636. The van der Waals surface area contributed by atoms with Crippen LogP contribution in [0.25, 0.3) is 0 Å². The molecule has 2 heterocycles. The maximum Gasteiger partial charge on any atom is 0.273 e. The van der Waals surface area contributed by atoms with Crippen molar-refractivity contribution in [1.29, 1.82) is 0 Å². The molecule has 0 unspecified atom stereocenters. The SMILES string of the molecule is Cc1nn(C)c(C(=O)N2CC[C@@H](N)[C@H](O)C2)c1Cl. The predicted octanol–water partition coefficient (Wildman–Crippen LogP) is -0.0840. The summed E-state index contributed by atoms with van der Waals surface area (Å²) in [7, 11) is 1.68. The molecule has 1 saturated heterocycles. The Morgan fingerprint density at radius 2 is 2.28 bits per heavy atom. The monoisotopic (exact) mass is 272 g/mol. The summed E-state index contributed by atoms with van der Waals surface area (Å²) in [6.45, 7) is 2.51. The number of β-amino-alcohol motifs (C(OH)–C–C–N with tert-alkyl or cyclic N) is 1. The highest BCUT2D eigenvalue weighted by molar-refractivity contribution is 6.34. The number of amides is 1. The van der Waals surface area contributed by atoms with Gasteiger partial charge in [-0.25, -0.2) is 0 Å². The van der Waals surface area contributed by atoms with Crippen molar-refractivity contribution in [2.45, 2.75) is 25.5 Å². The average molecular weight is 273 g/mol. The maximum absolute atomic E-state index is 12.3. The number of halogens is 1. The molecule has 0 spiro atoms. The number of nitrogens with two attached hydrogens (primary N) is 1. The number of nitrogens with zero attached hydrogens (tertiary/aromatic N) is 3. The van der Waals surface area contributed by atoms with Crippen LogP contribution in [-0.2, 0) is 7.05 Å². The van der Waals surface area contributed by atoms with Crippen LogP contribution in [0.15, 0.2) is 0 Å². The van der Waals surface area contributed by atoms with E-state index < -0.39 is 6.10 Å². The molecule has 1 aromatic rings. The van der Waals surface area contributed by atoms with Gasteiger partial charge in [-0.1, -0.05) is 11.6 Å². The summed E-state index contributed by atoms with van der Waals surface area (Å²) in [6.07, 6.45) is -0.0998.